The van der Waals surface area contributed by atoms with Gasteiger partial charge in [-0.1, -0.05) is 6.92 Å². The molecule has 0 radical (unpaired) electrons. The Morgan fingerprint density at radius 1 is 1.48 bits per heavy atom. The van der Waals surface area contributed by atoms with Crippen molar-refractivity contribution in [2.75, 3.05) is 26.7 Å². The normalized spacial score (nSPS) is 15.8. The summed E-state index contributed by atoms with van der Waals surface area (Å²) in [6.45, 7) is 3.42. The molecule has 7 nitrogen and oxygen atoms in total. The summed E-state index contributed by atoms with van der Waals surface area (Å²) in [5.74, 6) is -0.466. The third-order valence-corrected chi connectivity index (χ3v) is 5.55. The molecule has 0 aromatic heterocycles. The molecule has 8 heteroatoms. The third-order valence-electron chi connectivity index (χ3n) is 3.52. The first-order chi connectivity index (χ1) is 9.91. The summed E-state index contributed by atoms with van der Waals surface area (Å²) < 4.78 is 31.8. The van der Waals surface area contributed by atoms with Crippen LogP contribution in [-0.4, -0.2) is 51.4 Å². The van der Waals surface area contributed by atoms with Crippen molar-refractivity contribution in [3.8, 4) is 5.75 Å². The fourth-order valence-corrected chi connectivity index (χ4v) is 3.94. The lowest BCUT2D eigenvalue weighted by Crippen LogP contribution is -2.58. The first kappa shape index (κ1) is 15.7. The predicted octanol–water partition coefficient (Wildman–Crippen LogP) is -0.223. The van der Waals surface area contributed by atoms with E-state index in [9.17, 15) is 13.2 Å². The summed E-state index contributed by atoms with van der Waals surface area (Å²) in [7, 11) is -2.27. The Hall–Kier alpha value is -1.64. The second kappa shape index (κ2) is 6.00. The molecule has 0 saturated carbocycles. The maximum Gasteiger partial charge on any atom is 0.252 e. The van der Waals surface area contributed by atoms with Gasteiger partial charge in [-0.25, -0.2) is 8.42 Å². The predicted molar refractivity (Wildman–Crippen MR) is 77.7 cm³/mol. The van der Waals surface area contributed by atoms with Gasteiger partial charge in [0.1, 0.15) is 5.75 Å². The lowest BCUT2D eigenvalue weighted by atomic mass is 10.2. The van der Waals surface area contributed by atoms with Crippen LogP contribution in [0.5, 0.6) is 5.75 Å². The Bertz CT molecular complexity index is 641. The summed E-state index contributed by atoms with van der Waals surface area (Å²) in [5, 5.41) is 3.05. The van der Waals surface area contributed by atoms with Crippen LogP contribution in [-0.2, 0) is 10.0 Å². The van der Waals surface area contributed by atoms with Crippen molar-refractivity contribution in [1.82, 2.24) is 9.62 Å². The number of nitrogens with zero attached hydrogens (tertiary/aromatic N) is 1. The van der Waals surface area contributed by atoms with Crippen LogP contribution in [0, 0.1) is 0 Å². The second-order valence-electron chi connectivity index (χ2n) is 4.75. The molecule has 1 aliphatic heterocycles. The summed E-state index contributed by atoms with van der Waals surface area (Å²) in [4.78, 5) is 11.5. The van der Waals surface area contributed by atoms with Crippen LogP contribution < -0.4 is 15.8 Å². The van der Waals surface area contributed by atoms with E-state index >= 15 is 0 Å². The number of sulfonamides is 1. The number of hydrogen-bond donors (Lipinski definition) is 2. The smallest absolute Gasteiger partial charge is 0.252 e. The van der Waals surface area contributed by atoms with Gasteiger partial charge in [-0.15, -0.1) is 0 Å². The molecular formula is C13H19N3O4S. The van der Waals surface area contributed by atoms with Crippen molar-refractivity contribution < 1.29 is 17.9 Å². The van der Waals surface area contributed by atoms with Gasteiger partial charge in [0, 0.05) is 25.7 Å². The molecule has 1 aromatic rings. The first-order valence-corrected chi connectivity index (χ1v) is 8.06. The molecule has 1 aromatic carbocycles. The topological polar surface area (TPSA) is 102 Å². The first-order valence-electron chi connectivity index (χ1n) is 6.62. The zero-order valence-electron chi connectivity index (χ0n) is 12.0. The van der Waals surface area contributed by atoms with E-state index in [1.54, 1.807) is 6.92 Å². The monoisotopic (exact) mass is 313 g/mol. The molecule has 2 rings (SSSR count). The van der Waals surface area contributed by atoms with Crippen molar-refractivity contribution in [2.45, 2.75) is 17.9 Å². The quantitative estimate of drug-likeness (QED) is 0.756. The number of primary amides is 1. The number of rotatable bonds is 6. The molecule has 1 heterocycles. The van der Waals surface area contributed by atoms with Crippen LogP contribution >= 0.6 is 0 Å². The highest BCUT2D eigenvalue weighted by Crippen LogP contribution is 2.25. The van der Waals surface area contributed by atoms with Crippen molar-refractivity contribution in [3.63, 3.8) is 0 Å². The Morgan fingerprint density at radius 3 is 2.57 bits per heavy atom. The van der Waals surface area contributed by atoms with E-state index in [4.69, 9.17) is 10.5 Å². The van der Waals surface area contributed by atoms with Gasteiger partial charge in [0.05, 0.1) is 17.6 Å². The Kier molecular flexibility index (Phi) is 4.50. The highest BCUT2D eigenvalue weighted by atomic mass is 32.2. The molecule has 1 saturated heterocycles. The Labute approximate surface area is 124 Å². The highest BCUT2D eigenvalue weighted by molar-refractivity contribution is 7.89. The summed E-state index contributed by atoms with van der Waals surface area (Å²) in [5.41, 5.74) is 5.33. The molecule has 0 aliphatic carbocycles. The largest absolute Gasteiger partial charge is 0.496 e. The average Bonchev–Trinajstić information content (AvgIpc) is 2.41. The molecule has 0 spiro atoms. The molecular weight excluding hydrogens is 294 g/mol. The van der Waals surface area contributed by atoms with Crippen molar-refractivity contribution >= 4 is 15.9 Å². The fraction of sp³-hybridized carbons (Fsp3) is 0.462. The number of carbonyl (C=O) groups is 1. The molecule has 116 valence electrons. The van der Waals surface area contributed by atoms with Gasteiger partial charge in [0.2, 0.25) is 10.0 Å². The minimum Gasteiger partial charge on any atom is -0.496 e. The number of carbonyl (C=O) groups excluding carboxylic acids is 1. The molecule has 1 fully saturated rings. The van der Waals surface area contributed by atoms with Crippen LogP contribution in [0.15, 0.2) is 23.1 Å². The van der Waals surface area contributed by atoms with Crippen LogP contribution in [0.2, 0.25) is 0 Å². The summed E-state index contributed by atoms with van der Waals surface area (Å²) in [6.07, 6.45) is 0. The molecule has 0 unspecified atom stereocenters. The average molecular weight is 313 g/mol. The third kappa shape index (κ3) is 2.87. The minimum absolute atomic E-state index is 0.0471. The molecule has 1 amide bonds. The van der Waals surface area contributed by atoms with Crippen LogP contribution in [0.3, 0.4) is 0 Å². The van der Waals surface area contributed by atoms with Crippen molar-refractivity contribution in [3.05, 3.63) is 23.8 Å². The SMILES string of the molecule is CCN(C1CNC1)S(=O)(=O)c1ccc(OC)c(C(N)=O)c1. The molecule has 3 N–H and O–H groups in total. The molecule has 0 atom stereocenters. The van der Waals surface area contributed by atoms with E-state index in [0.717, 1.165) is 0 Å². The summed E-state index contributed by atoms with van der Waals surface area (Å²) in [6, 6.07) is 4.08. The van der Waals surface area contributed by atoms with Crippen LogP contribution in [0.25, 0.3) is 0 Å². The molecule has 21 heavy (non-hydrogen) atoms. The lowest BCUT2D eigenvalue weighted by Gasteiger charge is -2.36. The fourth-order valence-electron chi connectivity index (χ4n) is 2.28. The van der Waals surface area contributed by atoms with E-state index in [1.165, 1.54) is 29.6 Å². The van der Waals surface area contributed by atoms with E-state index in [2.05, 4.69) is 5.32 Å². The van der Waals surface area contributed by atoms with Gasteiger partial charge in [0.25, 0.3) is 5.91 Å². The van der Waals surface area contributed by atoms with Gasteiger partial charge in [-0.05, 0) is 18.2 Å². The van der Waals surface area contributed by atoms with Gasteiger partial charge in [-0.2, -0.15) is 4.31 Å². The van der Waals surface area contributed by atoms with Gasteiger partial charge >= 0.3 is 0 Å². The number of ether oxygens (including phenoxy) is 1. The van der Waals surface area contributed by atoms with Gasteiger partial charge < -0.3 is 15.8 Å². The molecule has 1 aliphatic rings. The van der Waals surface area contributed by atoms with Crippen LogP contribution in [0.1, 0.15) is 17.3 Å². The van der Waals surface area contributed by atoms with E-state index in [1.807, 2.05) is 0 Å². The minimum atomic E-state index is -3.66. The number of likely N-dealkylation sites (N-methyl/N-ethyl adjacent to an activating group) is 1. The number of amides is 1. The van der Waals surface area contributed by atoms with E-state index < -0.39 is 15.9 Å². The van der Waals surface area contributed by atoms with Crippen molar-refractivity contribution in [2.24, 2.45) is 5.73 Å². The molecule has 0 bridgehead atoms. The Balaban J connectivity index is 2.44. The van der Waals surface area contributed by atoms with Gasteiger partial charge in [0.15, 0.2) is 0 Å². The summed E-state index contributed by atoms with van der Waals surface area (Å²) >= 11 is 0. The lowest BCUT2D eigenvalue weighted by molar-refractivity contribution is 0.0997. The van der Waals surface area contributed by atoms with E-state index in [-0.39, 0.29) is 22.3 Å². The van der Waals surface area contributed by atoms with Crippen molar-refractivity contribution in [1.29, 1.82) is 0 Å². The number of benzene rings is 1. The zero-order chi connectivity index (χ0) is 15.6. The number of hydrogen-bond acceptors (Lipinski definition) is 5. The standard InChI is InChI=1S/C13H19N3O4S/c1-3-16(9-7-15-8-9)21(18,19)10-4-5-12(20-2)11(6-10)13(14)17/h4-6,9,15H,3,7-8H2,1-2H3,(H2,14,17). The zero-order valence-corrected chi connectivity index (χ0v) is 12.8. The van der Waals surface area contributed by atoms with E-state index in [0.29, 0.717) is 19.6 Å². The number of nitrogens with two attached hydrogens (primary N) is 1. The van der Waals surface area contributed by atoms with Gasteiger partial charge in [-0.3, -0.25) is 4.79 Å². The Morgan fingerprint density at radius 2 is 2.14 bits per heavy atom. The number of methoxy groups -OCH3 is 1. The highest BCUT2D eigenvalue weighted by Gasteiger charge is 2.34. The maximum absolute atomic E-state index is 12.7. The number of nitrogens with one attached hydrogen (secondary N) is 1. The van der Waals surface area contributed by atoms with Crippen LogP contribution in [0.4, 0.5) is 0 Å². The second-order valence-corrected chi connectivity index (χ2v) is 6.64. The maximum atomic E-state index is 12.7.